The summed E-state index contributed by atoms with van der Waals surface area (Å²) in [6, 6.07) is 10.5. The van der Waals surface area contributed by atoms with Crippen LogP contribution in [0, 0.1) is 16.7 Å². The van der Waals surface area contributed by atoms with E-state index in [1.165, 1.54) is 5.52 Å². The Labute approximate surface area is 114 Å². The van der Waals surface area contributed by atoms with Gasteiger partial charge in [0.1, 0.15) is 5.75 Å². The Morgan fingerprint density at radius 3 is 2.79 bits per heavy atom. The monoisotopic (exact) mass is 256 g/mol. The first-order valence-corrected chi connectivity index (χ1v) is 6.60. The molecule has 0 aliphatic carbocycles. The van der Waals surface area contributed by atoms with Gasteiger partial charge in [0.2, 0.25) is 0 Å². The summed E-state index contributed by atoms with van der Waals surface area (Å²) < 4.78 is 7.59. The number of benzene rings is 1. The molecule has 0 amide bonds. The van der Waals surface area contributed by atoms with Crippen molar-refractivity contribution in [1.29, 1.82) is 5.26 Å². The molecular formula is C16H20N2O. The fraction of sp³-hybridized carbons (Fsp3) is 0.438. The molecule has 1 aromatic heterocycles. The van der Waals surface area contributed by atoms with Crippen LogP contribution in [0.4, 0.5) is 0 Å². The van der Waals surface area contributed by atoms with E-state index in [0.29, 0.717) is 0 Å². The maximum atomic E-state index is 9.02. The van der Waals surface area contributed by atoms with Gasteiger partial charge in [-0.3, -0.25) is 0 Å². The molecule has 0 bridgehead atoms. The minimum atomic E-state index is -0.235. The lowest BCUT2D eigenvalue weighted by Crippen LogP contribution is -2.09. The third-order valence-corrected chi connectivity index (χ3v) is 3.50. The number of hydrogen-bond acceptors (Lipinski definition) is 2. The van der Waals surface area contributed by atoms with E-state index in [1.54, 1.807) is 7.11 Å². The Morgan fingerprint density at radius 2 is 2.11 bits per heavy atom. The van der Waals surface area contributed by atoms with Crippen molar-refractivity contribution in [3.8, 4) is 11.8 Å². The summed E-state index contributed by atoms with van der Waals surface area (Å²) in [4.78, 5) is 0. The number of nitriles is 1. The average molecular weight is 256 g/mol. The highest BCUT2D eigenvalue weighted by molar-refractivity contribution is 5.86. The van der Waals surface area contributed by atoms with E-state index in [1.807, 2.05) is 26.0 Å². The van der Waals surface area contributed by atoms with Crippen LogP contribution in [-0.4, -0.2) is 11.7 Å². The number of aromatic nitrogens is 1. The van der Waals surface area contributed by atoms with Gasteiger partial charge in [-0.1, -0.05) is 6.07 Å². The second-order valence-electron chi connectivity index (χ2n) is 5.50. The van der Waals surface area contributed by atoms with E-state index in [-0.39, 0.29) is 5.41 Å². The summed E-state index contributed by atoms with van der Waals surface area (Å²) >= 11 is 0. The molecule has 100 valence electrons. The van der Waals surface area contributed by atoms with Crippen LogP contribution in [0.3, 0.4) is 0 Å². The molecule has 0 unspecified atom stereocenters. The molecule has 2 rings (SSSR count). The highest BCUT2D eigenvalue weighted by atomic mass is 16.5. The van der Waals surface area contributed by atoms with Gasteiger partial charge in [-0.15, -0.1) is 0 Å². The molecule has 2 aromatic rings. The normalized spacial score (nSPS) is 11.5. The van der Waals surface area contributed by atoms with Crippen molar-refractivity contribution < 1.29 is 4.74 Å². The molecule has 0 N–H and O–H groups in total. The zero-order chi connectivity index (χ0) is 13.9. The number of ether oxygens (including phenoxy) is 1. The van der Waals surface area contributed by atoms with Gasteiger partial charge < -0.3 is 9.30 Å². The summed E-state index contributed by atoms with van der Waals surface area (Å²) in [7, 11) is 1.70. The van der Waals surface area contributed by atoms with E-state index in [9.17, 15) is 0 Å². The second kappa shape index (κ2) is 5.36. The summed E-state index contributed by atoms with van der Waals surface area (Å²) in [5, 5.41) is 10.2. The standard InChI is InChI=1S/C16H20N2O/c1-16(2,12-17)9-5-10-18-11-8-13-14(18)6-4-7-15(13)19-3/h4,6-8,11H,5,9-10H2,1-3H3. The molecule has 19 heavy (non-hydrogen) atoms. The minimum absolute atomic E-state index is 0.235. The Bertz CT molecular complexity index is 605. The summed E-state index contributed by atoms with van der Waals surface area (Å²) in [6.45, 7) is 4.91. The molecule has 3 nitrogen and oxygen atoms in total. The Kier molecular flexibility index (Phi) is 3.80. The van der Waals surface area contributed by atoms with Gasteiger partial charge in [0, 0.05) is 18.1 Å². The van der Waals surface area contributed by atoms with Crippen molar-refractivity contribution >= 4 is 10.9 Å². The smallest absolute Gasteiger partial charge is 0.128 e. The quantitative estimate of drug-likeness (QED) is 0.811. The third kappa shape index (κ3) is 2.90. The van der Waals surface area contributed by atoms with E-state index < -0.39 is 0 Å². The van der Waals surface area contributed by atoms with Crippen LogP contribution in [0.2, 0.25) is 0 Å². The Morgan fingerprint density at radius 1 is 1.32 bits per heavy atom. The molecule has 0 saturated carbocycles. The third-order valence-electron chi connectivity index (χ3n) is 3.50. The lowest BCUT2D eigenvalue weighted by molar-refractivity contribution is 0.417. The van der Waals surface area contributed by atoms with Gasteiger partial charge in [-0.05, 0) is 44.9 Å². The predicted octanol–water partition coefficient (Wildman–Crippen LogP) is 3.98. The molecule has 1 heterocycles. The van der Waals surface area contributed by atoms with Crippen LogP contribution in [-0.2, 0) is 6.54 Å². The van der Waals surface area contributed by atoms with Gasteiger partial charge in [0.15, 0.2) is 0 Å². The zero-order valence-corrected chi connectivity index (χ0v) is 11.8. The maximum Gasteiger partial charge on any atom is 0.128 e. The van der Waals surface area contributed by atoms with E-state index in [4.69, 9.17) is 10.00 Å². The highest BCUT2D eigenvalue weighted by Gasteiger charge is 2.16. The van der Waals surface area contributed by atoms with E-state index in [2.05, 4.69) is 29.0 Å². The van der Waals surface area contributed by atoms with Crippen LogP contribution in [0.15, 0.2) is 30.5 Å². The molecular weight excluding hydrogens is 236 g/mol. The van der Waals surface area contributed by atoms with Crippen molar-refractivity contribution in [2.45, 2.75) is 33.2 Å². The first kappa shape index (κ1) is 13.5. The SMILES string of the molecule is COc1cccc2c1ccn2CCCC(C)(C)C#N. The maximum absolute atomic E-state index is 9.02. The van der Waals surface area contributed by atoms with Crippen LogP contribution in [0.5, 0.6) is 5.75 Å². The van der Waals surface area contributed by atoms with Gasteiger partial charge in [-0.2, -0.15) is 5.26 Å². The largest absolute Gasteiger partial charge is 0.496 e. The first-order chi connectivity index (χ1) is 9.07. The van der Waals surface area contributed by atoms with Crippen molar-refractivity contribution in [3.05, 3.63) is 30.5 Å². The Hall–Kier alpha value is -1.95. The summed E-state index contributed by atoms with van der Waals surface area (Å²) in [6.07, 6.45) is 4.00. The summed E-state index contributed by atoms with van der Waals surface area (Å²) in [5.41, 5.74) is 0.954. The van der Waals surface area contributed by atoms with Crippen molar-refractivity contribution in [3.63, 3.8) is 0 Å². The topological polar surface area (TPSA) is 38.0 Å². The highest BCUT2D eigenvalue weighted by Crippen LogP contribution is 2.27. The molecule has 0 spiro atoms. The number of hydrogen-bond donors (Lipinski definition) is 0. The Balaban J connectivity index is 2.12. The van der Waals surface area contributed by atoms with Crippen molar-refractivity contribution in [2.24, 2.45) is 5.41 Å². The van der Waals surface area contributed by atoms with Gasteiger partial charge >= 0.3 is 0 Å². The molecule has 0 radical (unpaired) electrons. The number of fused-ring (bicyclic) bond motifs is 1. The molecule has 0 fully saturated rings. The van der Waals surface area contributed by atoms with Crippen LogP contribution in [0.25, 0.3) is 10.9 Å². The lowest BCUT2D eigenvalue weighted by atomic mass is 9.90. The molecule has 0 atom stereocenters. The van der Waals surface area contributed by atoms with Crippen LogP contribution in [0.1, 0.15) is 26.7 Å². The van der Waals surface area contributed by atoms with Crippen molar-refractivity contribution in [2.75, 3.05) is 7.11 Å². The second-order valence-corrected chi connectivity index (χ2v) is 5.50. The first-order valence-electron chi connectivity index (χ1n) is 6.60. The fourth-order valence-electron chi connectivity index (χ4n) is 2.32. The molecule has 0 aliphatic heterocycles. The molecule has 0 aliphatic rings. The molecule has 0 saturated heterocycles. The van der Waals surface area contributed by atoms with Crippen molar-refractivity contribution in [1.82, 2.24) is 4.57 Å². The minimum Gasteiger partial charge on any atom is -0.496 e. The number of rotatable bonds is 5. The summed E-state index contributed by atoms with van der Waals surface area (Å²) in [5.74, 6) is 0.911. The number of aryl methyl sites for hydroxylation is 1. The van der Waals surface area contributed by atoms with Gasteiger partial charge in [-0.25, -0.2) is 0 Å². The number of nitrogens with zero attached hydrogens (tertiary/aromatic N) is 2. The fourth-order valence-corrected chi connectivity index (χ4v) is 2.32. The molecule has 1 aromatic carbocycles. The van der Waals surface area contributed by atoms with Gasteiger partial charge in [0.05, 0.1) is 24.1 Å². The molecule has 3 heteroatoms. The van der Waals surface area contributed by atoms with E-state index in [0.717, 1.165) is 30.5 Å². The zero-order valence-electron chi connectivity index (χ0n) is 11.8. The van der Waals surface area contributed by atoms with Gasteiger partial charge in [0.25, 0.3) is 0 Å². The average Bonchev–Trinajstić information content (AvgIpc) is 2.82. The number of methoxy groups -OCH3 is 1. The lowest BCUT2D eigenvalue weighted by Gasteiger charge is -2.15. The van der Waals surface area contributed by atoms with E-state index >= 15 is 0 Å². The van der Waals surface area contributed by atoms with Crippen LogP contribution < -0.4 is 4.74 Å². The predicted molar refractivity (Wildman–Crippen MR) is 77.1 cm³/mol. The van der Waals surface area contributed by atoms with Crippen LogP contribution >= 0.6 is 0 Å².